The van der Waals surface area contributed by atoms with Crippen molar-refractivity contribution in [2.45, 2.75) is 6.92 Å². The fourth-order valence-electron chi connectivity index (χ4n) is 1.30. The van der Waals surface area contributed by atoms with Crippen LogP contribution in [-0.2, 0) is 4.79 Å². The molecule has 2 N–H and O–H groups in total. The van der Waals surface area contributed by atoms with E-state index in [0.29, 0.717) is 16.3 Å². The smallest absolute Gasteiger partial charge is 0.328 e. The molecule has 1 amide bonds. The van der Waals surface area contributed by atoms with Crippen LogP contribution in [0.3, 0.4) is 0 Å². The number of hydrogen-bond acceptors (Lipinski definition) is 6. The number of nitrogens with one attached hydrogen (secondary N) is 1. The van der Waals surface area contributed by atoms with Crippen LogP contribution in [0.25, 0.3) is 6.08 Å². The lowest BCUT2D eigenvalue weighted by Gasteiger charge is -1.98. The molecule has 0 aliphatic rings. The van der Waals surface area contributed by atoms with Gasteiger partial charge in [-0.3, -0.25) is 10.1 Å². The first-order valence-corrected chi connectivity index (χ1v) is 6.04. The number of rotatable bonds is 4. The number of amides is 1. The van der Waals surface area contributed by atoms with E-state index in [1.165, 1.54) is 17.4 Å². The lowest BCUT2D eigenvalue weighted by molar-refractivity contribution is -0.131. The minimum atomic E-state index is -1.08. The summed E-state index contributed by atoms with van der Waals surface area (Å²) in [5, 5.41) is 16.2. The van der Waals surface area contributed by atoms with Gasteiger partial charge in [-0.15, -0.1) is 11.3 Å². The van der Waals surface area contributed by atoms with Gasteiger partial charge >= 0.3 is 12.0 Å². The van der Waals surface area contributed by atoms with E-state index < -0.39 is 11.9 Å². The molecule has 0 radical (unpaired) electrons. The zero-order valence-electron chi connectivity index (χ0n) is 9.78. The zero-order valence-corrected chi connectivity index (χ0v) is 10.6. The number of thiophene rings is 1. The first kappa shape index (κ1) is 13.0. The summed E-state index contributed by atoms with van der Waals surface area (Å²) in [7, 11) is 0. The van der Waals surface area contributed by atoms with Gasteiger partial charge in [0.15, 0.2) is 5.82 Å². The van der Waals surface area contributed by atoms with Crippen LogP contribution in [0.15, 0.2) is 22.0 Å². The summed E-state index contributed by atoms with van der Waals surface area (Å²) in [6.07, 6.45) is 2.32. The predicted molar refractivity (Wildman–Crippen MR) is 68.0 cm³/mol. The van der Waals surface area contributed by atoms with Crippen LogP contribution >= 0.6 is 11.3 Å². The van der Waals surface area contributed by atoms with Crippen molar-refractivity contribution in [3.05, 3.63) is 33.8 Å². The van der Waals surface area contributed by atoms with E-state index in [2.05, 4.69) is 15.5 Å². The number of aliphatic carboxylic acids is 1. The van der Waals surface area contributed by atoms with Gasteiger partial charge in [0.25, 0.3) is 5.91 Å². The zero-order chi connectivity index (χ0) is 13.8. The highest BCUT2D eigenvalue weighted by atomic mass is 32.1. The lowest BCUT2D eigenvalue weighted by Crippen LogP contribution is -2.11. The molecular formula is C11H9N3O4S. The second kappa shape index (κ2) is 5.44. The summed E-state index contributed by atoms with van der Waals surface area (Å²) in [6, 6.07) is 1.65. The molecule has 2 aromatic heterocycles. The number of hydrogen-bond donors (Lipinski definition) is 2. The average Bonchev–Trinajstić information content (AvgIpc) is 2.95. The summed E-state index contributed by atoms with van der Waals surface area (Å²) in [5.74, 6) is -1.10. The standard InChI is InChI=1S/C11H9N3O4S/c1-6-12-11(18-14-6)13-10(17)9-7(4-5-19-9)2-3-8(15)16/h2-5H,1H3,(H,15,16)(H,12,13,14,17)/b3-2+. The molecule has 19 heavy (non-hydrogen) atoms. The van der Waals surface area contributed by atoms with Crippen molar-refractivity contribution in [3.8, 4) is 0 Å². The Morgan fingerprint density at radius 2 is 2.32 bits per heavy atom. The number of carbonyl (C=O) groups excluding carboxylic acids is 1. The van der Waals surface area contributed by atoms with Gasteiger partial charge < -0.3 is 9.63 Å². The molecule has 0 aliphatic heterocycles. The van der Waals surface area contributed by atoms with Gasteiger partial charge in [0.1, 0.15) is 0 Å². The topological polar surface area (TPSA) is 105 Å². The van der Waals surface area contributed by atoms with Crippen LogP contribution in [0.4, 0.5) is 6.01 Å². The molecule has 0 saturated heterocycles. The number of aryl methyl sites for hydroxylation is 1. The van der Waals surface area contributed by atoms with E-state index >= 15 is 0 Å². The van der Waals surface area contributed by atoms with E-state index in [0.717, 1.165) is 6.08 Å². The van der Waals surface area contributed by atoms with E-state index in [1.54, 1.807) is 18.4 Å². The quantitative estimate of drug-likeness (QED) is 0.826. The molecule has 0 atom stereocenters. The van der Waals surface area contributed by atoms with Gasteiger partial charge in [0.05, 0.1) is 4.88 Å². The minimum absolute atomic E-state index is 0.00376. The molecule has 0 spiro atoms. The van der Waals surface area contributed by atoms with Crippen molar-refractivity contribution in [1.82, 2.24) is 10.1 Å². The lowest BCUT2D eigenvalue weighted by atomic mass is 10.2. The Kier molecular flexibility index (Phi) is 3.71. The van der Waals surface area contributed by atoms with E-state index in [9.17, 15) is 9.59 Å². The summed E-state index contributed by atoms with van der Waals surface area (Å²) < 4.78 is 4.77. The largest absolute Gasteiger partial charge is 0.478 e. The monoisotopic (exact) mass is 279 g/mol. The summed E-state index contributed by atoms with van der Waals surface area (Å²) in [4.78, 5) is 26.6. The molecule has 0 bridgehead atoms. The second-order valence-corrected chi connectivity index (χ2v) is 4.39. The molecule has 2 heterocycles. The molecule has 2 aromatic rings. The van der Waals surface area contributed by atoms with Crippen molar-refractivity contribution in [2.24, 2.45) is 0 Å². The van der Waals surface area contributed by atoms with Crippen molar-refractivity contribution in [1.29, 1.82) is 0 Å². The summed E-state index contributed by atoms with van der Waals surface area (Å²) in [5.41, 5.74) is 0.515. The van der Waals surface area contributed by atoms with Gasteiger partial charge in [-0.25, -0.2) is 4.79 Å². The van der Waals surface area contributed by atoms with Crippen LogP contribution in [0.5, 0.6) is 0 Å². The molecule has 0 fully saturated rings. The van der Waals surface area contributed by atoms with Crippen molar-refractivity contribution < 1.29 is 19.2 Å². The third kappa shape index (κ3) is 3.26. The predicted octanol–water partition coefficient (Wildman–Crippen LogP) is 1.79. The Morgan fingerprint density at radius 1 is 1.53 bits per heavy atom. The Hall–Kier alpha value is -2.48. The second-order valence-electron chi connectivity index (χ2n) is 3.48. The number of nitrogens with zero attached hydrogens (tertiary/aromatic N) is 2. The van der Waals surface area contributed by atoms with E-state index in [-0.39, 0.29) is 6.01 Å². The van der Waals surface area contributed by atoms with Crippen molar-refractivity contribution in [2.75, 3.05) is 5.32 Å². The van der Waals surface area contributed by atoms with Crippen LogP contribution in [0.1, 0.15) is 21.1 Å². The maximum Gasteiger partial charge on any atom is 0.328 e. The third-order valence-corrected chi connectivity index (χ3v) is 2.98. The Bertz CT molecular complexity index is 644. The van der Waals surface area contributed by atoms with Gasteiger partial charge in [-0.1, -0.05) is 5.16 Å². The molecule has 0 aromatic carbocycles. The number of carbonyl (C=O) groups is 2. The molecule has 0 unspecified atom stereocenters. The van der Waals surface area contributed by atoms with E-state index in [1.807, 2.05) is 0 Å². The number of anilines is 1. The van der Waals surface area contributed by atoms with Crippen LogP contribution in [0, 0.1) is 6.92 Å². The SMILES string of the molecule is Cc1noc(NC(=O)c2sccc2/C=C/C(=O)O)n1. The Balaban J connectivity index is 2.15. The highest BCUT2D eigenvalue weighted by Gasteiger charge is 2.14. The number of carboxylic acid groups (broad SMARTS) is 1. The first-order chi connectivity index (χ1) is 9.06. The molecule has 98 valence electrons. The Labute approximate surface area is 111 Å². The molecule has 2 rings (SSSR count). The highest BCUT2D eigenvalue weighted by molar-refractivity contribution is 7.12. The van der Waals surface area contributed by atoms with Crippen LogP contribution in [0.2, 0.25) is 0 Å². The van der Waals surface area contributed by atoms with Gasteiger partial charge in [0, 0.05) is 6.08 Å². The first-order valence-electron chi connectivity index (χ1n) is 5.16. The highest BCUT2D eigenvalue weighted by Crippen LogP contribution is 2.19. The molecule has 0 aliphatic carbocycles. The van der Waals surface area contributed by atoms with Crippen LogP contribution in [-0.4, -0.2) is 27.1 Å². The van der Waals surface area contributed by atoms with Gasteiger partial charge in [-0.2, -0.15) is 4.98 Å². The number of aromatic nitrogens is 2. The normalized spacial score (nSPS) is 10.8. The maximum absolute atomic E-state index is 11.9. The molecule has 8 heteroatoms. The van der Waals surface area contributed by atoms with Gasteiger partial charge in [-0.05, 0) is 30.0 Å². The molecule has 7 nitrogen and oxygen atoms in total. The fourth-order valence-corrected chi connectivity index (χ4v) is 2.08. The maximum atomic E-state index is 11.9. The number of carboxylic acids is 1. The molecular weight excluding hydrogens is 270 g/mol. The van der Waals surface area contributed by atoms with Crippen molar-refractivity contribution in [3.63, 3.8) is 0 Å². The fraction of sp³-hybridized carbons (Fsp3) is 0.0909. The van der Waals surface area contributed by atoms with Crippen LogP contribution < -0.4 is 5.32 Å². The van der Waals surface area contributed by atoms with Crippen molar-refractivity contribution >= 4 is 35.3 Å². The Morgan fingerprint density at radius 3 is 2.95 bits per heavy atom. The third-order valence-electron chi connectivity index (χ3n) is 2.06. The van der Waals surface area contributed by atoms with E-state index in [4.69, 9.17) is 9.63 Å². The summed E-state index contributed by atoms with van der Waals surface area (Å²) in [6.45, 7) is 1.63. The van der Waals surface area contributed by atoms with Gasteiger partial charge in [0.2, 0.25) is 0 Å². The minimum Gasteiger partial charge on any atom is -0.478 e. The summed E-state index contributed by atoms with van der Waals surface area (Å²) >= 11 is 1.19. The molecule has 0 saturated carbocycles. The average molecular weight is 279 g/mol.